The monoisotopic (exact) mass is 238 g/mol. The van der Waals surface area contributed by atoms with Gasteiger partial charge < -0.3 is 4.90 Å². The zero-order valence-electron chi connectivity index (χ0n) is 9.52. The minimum atomic E-state index is 0.702. The highest BCUT2D eigenvalue weighted by Crippen LogP contribution is 2.16. The Balaban J connectivity index is 2.13. The van der Waals surface area contributed by atoms with Crippen molar-refractivity contribution in [2.75, 3.05) is 20.6 Å². The minimum absolute atomic E-state index is 0.702. The van der Waals surface area contributed by atoms with Gasteiger partial charge in [-0.2, -0.15) is 0 Å². The summed E-state index contributed by atoms with van der Waals surface area (Å²) in [5.74, 6) is 0. The van der Waals surface area contributed by atoms with Gasteiger partial charge in [-0.3, -0.25) is 0 Å². The Kier molecular flexibility index (Phi) is 3.41. The second-order valence-electron chi connectivity index (χ2n) is 4.10. The van der Waals surface area contributed by atoms with E-state index < -0.39 is 0 Å². The number of benzene rings is 1. The average Bonchev–Trinajstić information content (AvgIpc) is 2.60. The highest BCUT2D eigenvalue weighted by Gasteiger charge is 2.04. The molecule has 0 unspecified atom stereocenters. The van der Waals surface area contributed by atoms with E-state index in [2.05, 4.69) is 29.3 Å². The van der Waals surface area contributed by atoms with E-state index in [9.17, 15) is 0 Å². The first-order valence-electron chi connectivity index (χ1n) is 5.30. The Hall–Kier alpha value is -1.13. The fraction of sp³-hybridized carbons (Fsp3) is 0.455. The van der Waals surface area contributed by atoms with Crippen LogP contribution in [0.4, 0.5) is 0 Å². The van der Waals surface area contributed by atoms with Crippen LogP contribution in [0, 0.1) is 0 Å². The summed E-state index contributed by atoms with van der Waals surface area (Å²) in [4.78, 5) is 2.16. The van der Waals surface area contributed by atoms with Gasteiger partial charge in [0.05, 0.1) is 5.52 Å². The summed E-state index contributed by atoms with van der Waals surface area (Å²) in [7, 11) is 4.14. The summed E-state index contributed by atoms with van der Waals surface area (Å²) in [5.41, 5.74) is 1.90. The fourth-order valence-corrected chi connectivity index (χ4v) is 1.81. The Morgan fingerprint density at radius 2 is 2.19 bits per heavy atom. The van der Waals surface area contributed by atoms with Crippen LogP contribution in [0.3, 0.4) is 0 Å². The van der Waals surface area contributed by atoms with Gasteiger partial charge in [0.25, 0.3) is 0 Å². The van der Waals surface area contributed by atoms with Crippen molar-refractivity contribution in [3.63, 3.8) is 0 Å². The molecule has 0 atom stereocenters. The summed E-state index contributed by atoms with van der Waals surface area (Å²) >= 11 is 5.89. The van der Waals surface area contributed by atoms with Crippen molar-refractivity contribution < 1.29 is 0 Å². The molecule has 5 heteroatoms. The van der Waals surface area contributed by atoms with Gasteiger partial charge in [-0.25, -0.2) is 4.68 Å². The van der Waals surface area contributed by atoms with Crippen LogP contribution in [0.5, 0.6) is 0 Å². The lowest BCUT2D eigenvalue weighted by molar-refractivity contribution is 0.381. The predicted molar refractivity (Wildman–Crippen MR) is 65.7 cm³/mol. The quantitative estimate of drug-likeness (QED) is 0.818. The number of aromatic nitrogens is 3. The smallest absolute Gasteiger partial charge is 0.114 e. The van der Waals surface area contributed by atoms with Crippen molar-refractivity contribution in [3.8, 4) is 0 Å². The normalized spacial score (nSPS) is 11.5. The number of aryl methyl sites for hydroxylation is 1. The summed E-state index contributed by atoms with van der Waals surface area (Å²) < 4.78 is 1.93. The van der Waals surface area contributed by atoms with Crippen molar-refractivity contribution >= 4 is 22.6 Å². The fourth-order valence-electron chi connectivity index (χ4n) is 1.65. The van der Waals surface area contributed by atoms with E-state index in [4.69, 9.17) is 11.6 Å². The molecular formula is C11H15ClN4. The van der Waals surface area contributed by atoms with E-state index in [0.717, 1.165) is 30.5 Å². The van der Waals surface area contributed by atoms with Gasteiger partial charge in [0.2, 0.25) is 0 Å². The molecule has 1 heterocycles. The summed E-state index contributed by atoms with van der Waals surface area (Å²) in [6, 6.07) is 5.68. The third-order valence-electron chi connectivity index (χ3n) is 2.45. The lowest BCUT2D eigenvalue weighted by Crippen LogP contribution is -2.15. The van der Waals surface area contributed by atoms with E-state index >= 15 is 0 Å². The lowest BCUT2D eigenvalue weighted by atomic mass is 10.3. The first-order valence-corrected chi connectivity index (χ1v) is 5.68. The van der Waals surface area contributed by atoms with Crippen molar-refractivity contribution in [1.29, 1.82) is 0 Å². The molecule has 0 saturated carbocycles. The Bertz CT molecular complexity index is 478. The number of halogens is 1. The highest BCUT2D eigenvalue weighted by molar-refractivity contribution is 6.31. The number of hydrogen-bond donors (Lipinski definition) is 0. The molecule has 86 valence electrons. The van der Waals surface area contributed by atoms with Crippen molar-refractivity contribution in [2.24, 2.45) is 0 Å². The zero-order chi connectivity index (χ0) is 11.5. The van der Waals surface area contributed by atoms with E-state index in [1.807, 2.05) is 22.9 Å². The molecule has 4 nitrogen and oxygen atoms in total. The molecule has 0 N–H and O–H groups in total. The molecule has 0 aliphatic carbocycles. The molecule has 2 aromatic rings. The first kappa shape index (κ1) is 11.4. The number of hydrogen-bond acceptors (Lipinski definition) is 3. The molecule has 0 amide bonds. The van der Waals surface area contributed by atoms with Crippen LogP contribution in [0.25, 0.3) is 11.0 Å². The van der Waals surface area contributed by atoms with Crippen molar-refractivity contribution in [3.05, 3.63) is 23.2 Å². The van der Waals surface area contributed by atoms with Gasteiger partial charge in [-0.15, -0.1) is 5.10 Å². The molecule has 0 spiro atoms. The molecule has 0 saturated heterocycles. The van der Waals surface area contributed by atoms with Gasteiger partial charge in [0.1, 0.15) is 5.52 Å². The van der Waals surface area contributed by atoms with Gasteiger partial charge in [-0.1, -0.05) is 16.8 Å². The molecule has 0 radical (unpaired) electrons. The van der Waals surface area contributed by atoms with Crippen LogP contribution in [-0.4, -0.2) is 40.5 Å². The minimum Gasteiger partial charge on any atom is -0.309 e. The average molecular weight is 239 g/mol. The molecule has 16 heavy (non-hydrogen) atoms. The Morgan fingerprint density at radius 1 is 1.38 bits per heavy atom. The SMILES string of the molecule is CN(C)CCCn1nnc2cc(Cl)ccc21. The van der Waals surface area contributed by atoms with Crippen LogP contribution in [0.2, 0.25) is 5.02 Å². The van der Waals surface area contributed by atoms with E-state index in [1.165, 1.54) is 0 Å². The van der Waals surface area contributed by atoms with E-state index in [0.29, 0.717) is 5.02 Å². The molecular weight excluding hydrogens is 224 g/mol. The third-order valence-corrected chi connectivity index (χ3v) is 2.69. The topological polar surface area (TPSA) is 34.0 Å². The molecule has 2 rings (SSSR count). The number of fused-ring (bicyclic) bond motifs is 1. The number of nitrogens with zero attached hydrogens (tertiary/aromatic N) is 4. The maximum absolute atomic E-state index is 5.89. The Labute approximate surface area is 99.8 Å². The summed E-state index contributed by atoms with van der Waals surface area (Å²) in [6.45, 7) is 1.94. The zero-order valence-corrected chi connectivity index (χ0v) is 10.3. The standard InChI is InChI=1S/C11H15ClN4/c1-15(2)6-3-7-16-11-5-4-9(12)8-10(11)13-14-16/h4-5,8H,3,6-7H2,1-2H3. The highest BCUT2D eigenvalue weighted by atomic mass is 35.5. The van der Waals surface area contributed by atoms with Crippen molar-refractivity contribution in [1.82, 2.24) is 19.9 Å². The van der Waals surface area contributed by atoms with E-state index in [-0.39, 0.29) is 0 Å². The molecule has 1 aromatic heterocycles. The first-order chi connectivity index (χ1) is 7.66. The summed E-state index contributed by atoms with van der Waals surface area (Å²) in [6.07, 6.45) is 1.06. The van der Waals surface area contributed by atoms with Crippen LogP contribution in [0.15, 0.2) is 18.2 Å². The van der Waals surface area contributed by atoms with Crippen LogP contribution >= 0.6 is 11.6 Å². The Morgan fingerprint density at radius 3 is 2.94 bits per heavy atom. The third kappa shape index (κ3) is 2.51. The van der Waals surface area contributed by atoms with Gasteiger partial charge >= 0.3 is 0 Å². The molecule has 0 aliphatic rings. The van der Waals surface area contributed by atoms with E-state index in [1.54, 1.807) is 0 Å². The van der Waals surface area contributed by atoms with Gasteiger partial charge in [0, 0.05) is 11.6 Å². The number of rotatable bonds is 4. The summed E-state index contributed by atoms with van der Waals surface area (Å²) in [5, 5.41) is 8.92. The maximum Gasteiger partial charge on any atom is 0.114 e. The van der Waals surface area contributed by atoms with Crippen LogP contribution in [0.1, 0.15) is 6.42 Å². The van der Waals surface area contributed by atoms with Gasteiger partial charge in [-0.05, 0) is 45.3 Å². The van der Waals surface area contributed by atoms with Crippen LogP contribution < -0.4 is 0 Å². The molecule has 0 bridgehead atoms. The second kappa shape index (κ2) is 4.80. The molecule has 1 aromatic carbocycles. The van der Waals surface area contributed by atoms with Crippen molar-refractivity contribution in [2.45, 2.75) is 13.0 Å². The maximum atomic E-state index is 5.89. The largest absolute Gasteiger partial charge is 0.309 e. The lowest BCUT2D eigenvalue weighted by Gasteiger charge is -2.08. The predicted octanol–water partition coefficient (Wildman–Crippen LogP) is 2.04. The molecule has 0 fully saturated rings. The molecule has 0 aliphatic heterocycles. The second-order valence-corrected chi connectivity index (χ2v) is 4.54. The van der Waals surface area contributed by atoms with Crippen LogP contribution in [-0.2, 0) is 6.54 Å². The van der Waals surface area contributed by atoms with Gasteiger partial charge in [0.15, 0.2) is 0 Å².